The smallest absolute Gasteiger partial charge is 0.239 e. The van der Waals surface area contributed by atoms with Gasteiger partial charge in [0.2, 0.25) is 11.8 Å². The van der Waals surface area contributed by atoms with Gasteiger partial charge in [-0.1, -0.05) is 0 Å². The molecule has 1 heterocycles. The fraction of sp³-hybridized carbons (Fsp3) is 0.312. The summed E-state index contributed by atoms with van der Waals surface area (Å²) in [4.78, 5) is 29.6. The first-order valence-electron chi connectivity index (χ1n) is 7.14. The number of aromatic nitrogens is 1. The van der Waals surface area contributed by atoms with Crippen molar-refractivity contribution in [2.45, 2.75) is 37.8 Å². The average molecular weight is 349 g/mol. The summed E-state index contributed by atoms with van der Waals surface area (Å²) >= 11 is 2.94. The van der Waals surface area contributed by atoms with Crippen LogP contribution in [0.3, 0.4) is 0 Å². The van der Waals surface area contributed by atoms with Gasteiger partial charge in [0.15, 0.2) is 5.13 Å². The van der Waals surface area contributed by atoms with E-state index in [0.29, 0.717) is 5.13 Å². The van der Waals surface area contributed by atoms with E-state index in [9.17, 15) is 9.59 Å². The second-order valence-corrected chi connectivity index (χ2v) is 7.73. The van der Waals surface area contributed by atoms with Gasteiger partial charge in [-0.3, -0.25) is 9.59 Å². The predicted octanol–water partition coefficient (Wildman–Crippen LogP) is 3.84. The SMILES string of the molecule is CC(=O)Nc1ccc(SC(C)C(=O)Nc2nc(C)c(C)s2)cc1. The number of thiazole rings is 1. The first kappa shape index (κ1) is 17.5. The van der Waals surface area contributed by atoms with Crippen molar-refractivity contribution in [3.63, 3.8) is 0 Å². The van der Waals surface area contributed by atoms with E-state index in [-0.39, 0.29) is 17.1 Å². The van der Waals surface area contributed by atoms with Gasteiger partial charge >= 0.3 is 0 Å². The number of nitrogens with one attached hydrogen (secondary N) is 2. The second-order valence-electron chi connectivity index (χ2n) is 5.12. The highest BCUT2D eigenvalue weighted by atomic mass is 32.2. The average Bonchev–Trinajstić information content (AvgIpc) is 2.78. The zero-order valence-corrected chi connectivity index (χ0v) is 15.1. The summed E-state index contributed by atoms with van der Waals surface area (Å²) in [6.07, 6.45) is 0. The number of hydrogen-bond donors (Lipinski definition) is 2. The highest BCUT2D eigenvalue weighted by Gasteiger charge is 2.16. The molecule has 0 aliphatic rings. The zero-order chi connectivity index (χ0) is 17.0. The van der Waals surface area contributed by atoms with Gasteiger partial charge in [0.1, 0.15) is 0 Å². The number of anilines is 2. The van der Waals surface area contributed by atoms with Crippen molar-refractivity contribution < 1.29 is 9.59 Å². The van der Waals surface area contributed by atoms with Crippen LogP contribution in [0.5, 0.6) is 0 Å². The number of amides is 2. The maximum Gasteiger partial charge on any atom is 0.239 e. The van der Waals surface area contributed by atoms with Crippen molar-refractivity contribution >= 4 is 45.7 Å². The van der Waals surface area contributed by atoms with Gasteiger partial charge in [0, 0.05) is 22.4 Å². The normalized spacial score (nSPS) is 11.8. The van der Waals surface area contributed by atoms with E-state index in [1.54, 1.807) is 0 Å². The third-order valence-electron chi connectivity index (χ3n) is 3.12. The van der Waals surface area contributed by atoms with E-state index in [1.165, 1.54) is 30.0 Å². The molecule has 0 saturated carbocycles. The molecule has 0 bridgehead atoms. The lowest BCUT2D eigenvalue weighted by atomic mass is 10.3. The Hall–Kier alpha value is -1.86. The first-order chi connectivity index (χ1) is 10.8. The van der Waals surface area contributed by atoms with Gasteiger partial charge in [-0.25, -0.2) is 4.98 Å². The van der Waals surface area contributed by atoms with Gasteiger partial charge in [-0.2, -0.15) is 0 Å². The molecule has 23 heavy (non-hydrogen) atoms. The van der Waals surface area contributed by atoms with Crippen LogP contribution in [0.25, 0.3) is 0 Å². The lowest BCUT2D eigenvalue weighted by molar-refractivity contribution is -0.115. The maximum absolute atomic E-state index is 12.2. The molecule has 122 valence electrons. The molecule has 0 aliphatic carbocycles. The lowest BCUT2D eigenvalue weighted by Gasteiger charge is -2.11. The number of benzene rings is 1. The summed E-state index contributed by atoms with van der Waals surface area (Å²) in [6, 6.07) is 7.42. The fourth-order valence-electron chi connectivity index (χ4n) is 1.81. The lowest BCUT2D eigenvalue weighted by Crippen LogP contribution is -2.22. The van der Waals surface area contributed by atoms with Crippen LogP contribution in [-0.4, -0.2) is 22.0 Å². The van der Waals surface area contributed by atoms with Crippen molar-refractivity contribution in [2.24, 2.45) is 0 Å². The van der Waals surface area contributed by atoms with E-state index in [1.807, 2.05) is 45.0 Å². The maximum atomic E-state index is 12.2. The molecule has 1 aromatic carbocycles. The van der Waals surface area contributed by atoms with Crippen LogP contribution in [0.1, 0.15) is 24.4 Å². The standard InChI is InChI=1S/C16H19N3O2S2/c1-9-10(2)23-16(17-9)19-15(21)11(3)22-14-7-5-13(6-8-14)18-12(4)20/h5-8,11H,1-4H3,(H,18,20)(H,17,19,21). The minimum absolute atomic E-state index is 0.0744. The Morgan fingerprint density at radius 3 is 2.35 bits per heavy atom. The largest absolute Gasteiger partial charge is 0.326 e. The number of hydrogen-bond acceptors (Lipinski definition) is 5. The highest BCUT2D eigenvalue weighted by Crippen LogP contribution is 2.27. The third kappa shape index (κ3) is 5.07. The second kappa shape index (κ2) is 7.61. The van der Waals surface area contributed by atoms with Gasteiger partial charge in [-0.05, 0) is 45.0 Å². The summed E-state index contributed by atoms with van der Waals surface area (Å²) < 4.78 is 0. The van der Waals surface area contributed by atoms with Crippen LogP contribution in [-0.2, 0) is 9.59 Å². The molecule has 7 heteroatoms. The van der Waals surface area contributed by atoms with Crippen molar-refractivity contribution in [3.8, 4) is 0 Å². The molecule has 0 aliphatic heterocycles. The molecule has 2 amide bonds. The summed E-state index contributed by atoms with van der Waals surface area (Å²) in [5, 5.41) is 5.96. The van der Waals surface area contributed by atoms with Crippen LogP contribution < -0.4 is 10.6 Å². The Balaban J connectivity index is 1.93. The Kier molecular flexibility index (Phi) is 5.79. The highest BCUT2D eigenvalue weighted by molar-refractivity contribution is 8.00. The summed E-state index contributed by atoms with van der Waals surface area (Å²) in [5.41, 5.74) is 1.69. The molecular weight excluding hydrogens is 330 g/mol. The molecule has 2 aromatic rings. The van der Waals surface area contributed by atoms with Crippen LogP contribution in [0, 0.1) is 13.8 Å². The molecule has 5 nitrogen and oxygen atoms in total. The molecule has 0 spiro atoms. The Morgan fingerprint density at radius 2 is 1.83 bits per heavy atom. The van der Waals surface area contributed by atoms with E-state index < -0.39 is 0 Å². The quantitative estimate of drug-likeness (QED) is 0.805. The Morgan fingerprint density at radius 1 is 1.17 bits per heavy atom. The Bertz CT molecular complexity index is 691. The first-order valence-corrected chi connectivity index (χ1v) is 8.84. The summed E-state index contributed by atoms with van der Waals surface area (Å²) in [7, 11) is 0. The number of carbonyl (C=O) groups is 2. The van der Waals surface area contributed by atoms with Gasteiger partial charge in [-0.15, -0.1) is 23.1 Å². The monoisotopic (exact) mass is 349 g/mol. The van der Waals surface area contributed by atoms with E-state index in [0.717, 1.165) is 21.2 Å². The van der Waals surface area contributed by atoms with Gasteiger partial charge in [0.05, 0.1) is 10.9 Å². The molecule has 0 saturated heterocycles. The number of carbonyl (C=O) groups excluding carboxylic acids is 2. The minimum atomic E-state index is -0.244. The number of nitrogens with zero attached hydrogens (tertiary/aromatic N) is 1. The van der Waals surface area contributed by atoms with E-state index in [2.05, 4.69) is 15.6 Å². The Labute approximate surface area is 143 Å². The number of rotatable bonds is 5. The molecule has 1 atom stereocenters. The zero-order valence-electron chi connectivity index (χ0n) is 13.5. The third-order valence-corrected chi connectivity index (χ3v) is 5.22. The topological polar surface area (TPSA) is 71.1 Å². The molecular formula is C16H19N3O2S2. The number of aryl methyl sites for hydroxylation is 2. The predicted molar refractivity (Wildman–Crippen MR) is 96.3 cm³/mol. The molecule has 0 radical (unpaired) electrons. The summed E-state index contributed by atoms with van der Waals surface area (Å²) in [6.45, 7) is 7.24. The van der Waals surface area contributed by atoms with Gasteiger partial charge in [0.25, 0.3) is 0 Å². The van der Waals surface area contributed by atoms with E-state index in [4.69, 9.17) is 0 Å². The summed E-state index contributed by atoms with van der Waals surface area (Å²) in [5.74, 6) is -0.179. The van der Waals surface area contributed by atoms with Crippen LogP contribution in [0.2, 0.25) is 0 Å². The van der Waals surface area contributed by atoms with Crippen molar-refractivity contribution in [1.82, 2.24) is 4.98 Å². The molecule has 1 unspecified atom stereocenters. The molecule has 2 rings (SSSR count). The van der Waals surface area contributed by atoms with Gasteiger partial charge < -0.3 is 10.6 Å². The minimum Gasteiger partial charge on any atom is -0.326 e. The fourth-order valence-corrected chi connectivity index (χ4v) is 3.50. The molecule has 1 aromatic heterocycles. The molecule has 0 fully saturated rings. The van der Waals surface area contributed by atoms with Crippen LogP contribution >= 0.6 is 23.1 Å². The van der Waals surface area contributed by atoms with E-state index >= 15 is 0 Å². The van der Waals surface area contributed by atoms with Crippen molar-refractivity contribution in [3.05, 3.63) is 34.8 Å². The van der Waals surface area contributed by atoms with Crippen molar-refractivity contribution in [1.29, 1.82) is 0 Å². The van der Waals surface area contributed by atoms with Crippen LogP contribution in [0.4, 0.5) is 10.8 Å². The van der Waals surface area contributed by atoms with Crippen LogP contribution in [0.15, 0.2) is 29.2 Å². The molecule has 2 N–H and O–H groups in total. The van der Waals surface area contributed by atoms with Crippen molar-refractivity contribution in [2.75, 3.05) is 10.6 Å². The number of thioether (sulfide) groups is 1.